The first kappa shape index (κ1) is 19.0. The van der Waals surface area contributed by atoms with E-state index in [2.05, 4.69) is 15.6 Å². The molecule has 9 heteroatoms. The van der Waals surface area contributed by atoms with Crippen molar-refractivity contribution >= 4 is 23.3 Å². The highest BCUT2D eigenvalue weighted by molar-refractivity contribution is 6.39. The van der Waals surface area contributed by atoms with Crippen molar-refractivity contribution in [3.8, 4) is 0 Å². The smallest absolute Gasteiger partial charge is 0.363 e. The fraction of sp³-hybridized carbons (Fsp3) is 0.562. The summed E-state index contributed by atoms with van der Waals surface area (Å²) in [7, 11) is 3.62. The summed E-state index contributed by atoms with van der Waals surface area (Å²) >= 11 is 0. The molecule has 1 aliphatic rings. The molecule has 1 heterocycles. The van der Waals surface area contributed by atoms with Gasteiger partial charge in [-0.2, -0.15) is 13.2 Å². The first-order valence-corrected chi connectivity index (χ1v) is 7.98. The number of hydrogen-bond acceptors (Lipinski definition) is 4. The summed E-state index contributed by atoms with van der Waals surface area (Å²) in [6, 6.07) is 2.61. The van der Waals surface area contributed by atoms with Crippen LogP contribution in [0.25, 0.3) is 0 Å². The molecule has 2 atom stereocenters. The fourth-order valence-corrected chi connectivity index (χ4v) is 2.78. The second kappa shape index (κ2) is 7.71. The summed E-state index contributed by atoms with van der Waals surface area (Å²) in [5, 5.41) is 4.78. The number of amides is 2. The first-order valence-electron chi connectivity index (χ1n) is 7.98. The summed E-state index contributed by atoms with van der Waals surface area (Å²) in [6.45, 7) is 0. The lowest BCUT2D eigenvalue weighted by Crippen LogP contribution is -2.45. The zero-order chi connectivity index (χ0) is 18.6. The first-order chi connectivity index (χ1) is 11.7. The summed E-state index contributed by atoms with van der Waals surface area (Å²) in [6.07, 6.45) is -2.20. The molecular weight excluding hydrogens is 337 g/mol. The quantitative estimate of drug-likeness (QED) is 0.814. The standard InChI is InChI=1S/C16H21F3N4O2/c1-23(2)13-7-6-12(9-20-13)22-15(25)14(24)21-11-5-3-4-10(8-11)16(17,18)19/h6-7,9-11H,3-5,8H2,1-2H3,(H,21,24)(H,22,25). The maximum atomic E-state index is 12.8. The van der Waals surface area contributed by atoms with Gasteiger partial charge in [0.25, 0.3) is 0 Å². The molecule has 1 saturated carbocycles. The zero-order valence-corrected chi connectivity index (χ0v) is 14.1. The molecule has 0 aromatic carbocycles. The molecule has 1 aliphatic carbocycles. The van der Waals surface area contributed by atoms with Crippen LogP contribution in [0.5, 0.6) is 0 Å². The van der Waals surface area contributed by atoms with E-state index in [1.807, 2.05) is 14.1 Å². The van der Waals surface area contributed by atoms with E-state index in [0.29, 0.717) is 24.3 Å². The van der Waals surface area contributed by atoms with Crippen LogP contribution in [-0.2, 0) is 9.59 Å². The molecule has 0 aliphatic heterocycles. The van der Waals surface area contributed by atoms with Gasteiger partial charge in [-0.15, -0.1) is 0 Å². The Kier molecular flexibility index (Phi) is 5.86. The molecule has 0 spiro atoms. The summed E-state index contributed by atoms with van der Waals surface area (Å²) in [5.41, 5.74) is 0.336. The molecule has 6 nitrogen and oxygen atoms in total. The van der Waals surface area contributed by atoms with Crippen molar-refractivity contribution in [3.63, 3.8) is 0 Å². The van der Waals surface area contributed by atoms with Gasteiger partial charge in [0.2, 0.25) is 0 Å². The van der Waals surface area contributed by atoms with Crippen LogP contribution in [0.1, 0.15) is 25.7 Å². The van der Waals surface area contributed by atoms with Crippen LogP contribution in [0.3, 0.4) is 0 Å². The number of nitrogens with one attached hydrogen (secondary N) is 2. The molecule has 25 heavy (non-hydrogen) atoms. The van der Waals surface area contributed by atoms with Crippen molar-refractivity contribution in [2.45, 2.75) is 37.9 Å². The molecule has 0 saturated heterocycles. The second-order valence-corrected chi connectivity index (χ2v) is 6.33. The minimum atomic E-state index is -4.27. The Hall–Kier alpha value is -2.32. The molecule has 0 bridgehead atoms. The highest BCUT2D eigenvalue weighted by Crippen LogP contribution is 2.37. The van der Waals surface area contributed by atoms with E-state index in [1.165, 1.54) is 6.20 Å². The number of aromatic nitrogens is 1. The van der Waals surface area contributed by atoms with E-state index in [1.54, 1.807) is 17.0 Å². The third-order valence-corrected chi connectivity index (χ3v) is 4.14. The van der Waals surface area contributed by atoms with Crippen molar-refractivity contribution in [1.29, 1.82) is 0 Å². The van der Waals surface area contributed by atoms with E-state index in [4.69, 9.17) is 0 Å². The zero-order valence-electron chi connectivity index (χ0n) is 14.1. The third-order valence-electron chi connectivity index (χ3n) is 4.14. The number of halogens is 3. The molecule has 2 rings (SSSR count). The largest absolute Gasteiger partial charge is 0.391 e. The maximum Gasteiger partial charge on any atom is 0.391 e. The van der Waals surface area contributed by atoms with Crippen LogP contribution in [-0.4, -0.2) is 43.1 Å². The summed E-state index contributed by atoms with van der Waals surface area (Å²) < 4.78 is 38.4. The van der Waals surface area contributed by atoms with E-state index >= 15 is 0 Å². The predicted molar refractivity (Wildman–Crippen MR) is 87.1 cm³/mol. The monoisotopic (exact) mass is 358 g/mol. The van der Waals surface area contributed by atoms with Crippen molar-refractivity contribution in [1.82, 2.24) is 10.3 Å². The van der Waals surface area contributed by atoms with Crippen LogP contribution in [0.2, 0.25) is 0 Å². The van der Waals surface area contributed by atoms with Crippen molar-refractivity contribution in [3.05, 3.63) is 18.3 Å². The van der Waals surface area contributed by atoms with E-state index in [9.17, 15) is 22.8 Å². The molecule has 1 fully saturated rings. The van der Waals surface area contributed by atoms with Crippen molar-refractivity contribution < 1.29 is 22.8 Å². The topological polar surface area (TPSA) is 74.3 Å². The van der Waals surface area contributed by atoms with Gasteiger partial charge < -0.3 is 15.5 Å². The number of anilines is 2. The Balaban J connectivity index is 1.88. The predicted octanol–water partition coefficient (Wildman–Crippen LogP) is 2.32. The molecule has 1 aromatic heterocycles. The fourth-order valence-electron chi connectivity index (χ4n) is 2.78. The third kappa shape index (κ3) is 5.33. The minimum Gasteiger partial charge on any atom is -0.363 e. The van der Waals surface area contributed by atoms with Crippen molar-refractivity contribution in [2.24, 2.45) is 5.92 Å². The van der Waals surface area contributed by atoms with Gasteiger partial charge in [0, 0.05) is 20.1 Å². The molecular formula is C16H21F3N4O2. The number of nitrogens with zero attached hydrogens (tertiary/aromatic N) is 2. The lowest BCUT2D eigenvalue weighted by Gasteiger charge is -2.30. The van der Waals surface area contributed by atoms with Gasteiger partial charge in [-0.1, -0.05) is 6.42 Å². The molecule has 2 unspecified atom stereocenters. The maximum absolute atomic E-state index is 12.8. The Morgan fingerprint density at radius 3 is 2.48 bits per heavy atom. The second-order valence-electron chi connectivity index (χ2n) is 6.33. The van der Waals surface area contributed by atoms with Gasteiger partial charge in [0.1, 0.15) is 5.82 Å². The van der Waals surface area contributed by atoms with Crippen LogP contribution in [0, 0.1) is 5.92 Å². The number of hydrogen-bond donors (Lipinski definition) is 2. The molecule has 2 amide bonds. The van der Waals surface area contributed by atoms with Crippen LogP contribution < -0.4 is 15.5 Å². The SMILES string of the molecule is CN(C)c1ccc(NC(=O)C(=O)NC2CCCC(C(F)(F)F)C2)cn1. The van der Waals surface area contributed by atoms with Crippen LogP contribution >= 0.6 is 0 Å². The molecule has 1 aromatic rings. The Labute approximate surface area is 143 Å². The van der Waals surface area contributed by atoms with Gasteiger partial charge >= 0.3 is 18.0 Å². The average molecular weight is 358 g/mol. The van der Waals surface area contributed by atoms with Gasteiger partial charge in [-0.05, 0) is 31.4 Å². The number of rotatable bonds is 3. The normalized spacial score (nSPS) is 20.7. The van der Waals surface area contributed by atoms with Gasteiger partial charge in [0.05, 0.1) is 17.8 Å². The Morgan fingerprint density at radius 1 is 1.20 bits per heavy atom. The van der Waals surface area contributed by atoms with E-state index < -0.39 is 30.0 Å². The van der Waals surface area contributed by atoms with Gasteiger partial charge in [-0.3, -0.25) is 9.59 Å². The van der Waals surface area contributed by atoms with Gasteiger partial charge in [-0.25, -0.2) is 4.98 Å². The Morgan fingerprint density at radius 2 is 1.92 bits per heavy atom. The van der Waals surface area contributed by atoms with Crippen molar-refractivity contribution in [2.75, 3.05) is 24.3 Å². The number of alkyl halides is 3. The number of pyridine rings is 1. The molecule has 138 valence electrons. The highest BCUT2D eigenvalue weighted by atomic mass is 19.4. The molecule has 2 N–H and O–H groups in total. The number of carbonyl (C=O) groups excluding carboxylic acids is 2. The van der Waals surface area contributed by atoms with Gasteiger partial charge in [0.15, 0.2) is 0 Å². The minimum absolute atomic E-state index is 0.0615. The van der Waals surface area contributed by atoms with E-state index in [-0.39, 0.29) is 12.8 Å². The molecule has 0 radical (unpaired) electrons. The summed E-state index contributed by atoms with van der Waals surface area (Å²) in [4.78, 5) is 29.7. The highest BCUT2D eigenvalue weighted by Gasteiger charge is 2.42. The Bertz CT molecular complexity index is 617. The summed E-state index contributed by atoms with van der Waals surface area (Å²) in [5.74, 6) is -2.61. The average Bonchev–Trinajstić information content (AvgIpc) is 2.54. The lowest BCUT2D eigenvalue weighted by atomic mass is 9.85. The van der Waals surface area contributed by atoms with Crippen LogP contribution in [0.15, 0.2) is 18.3 Å². The van der Waals surface area contributed by atoms with Crippen LogP contribution in [0.4, 0.5) is 24.7 Å². The number of carbonyl (C=O) groups is 2. The van der Waals surface area contributed by atoms with E-state index in [0.717, 1.165) is 0 Å². The lowest BCUT2D eigenvalue weighted by molar-refractivity contribution is -0.184.